The van der Waals surface area contributed by atoms with Crippen LogP contribution in [0.2, 0.25) is 0 Å². The Morgan fingerprint density at radius 3 is 2.29 bits per heavy atom. The number of hydrogen-bond acceptors (Lipinski definition) is 2. The predicted octanol–water partition coefficient (Wildman–Crippen LogP) is 5.36. The van der Waals surface area contributed by atoms with E-state index in [0.29, 0.717) is 0 Å². The number of hydrogen-bond donors (Lipinski definition) is 0. The second-order valence-electron chi connectivity index (χ2n) is 5.86. The molecule has 0 aromatic heterocycles. The van der Waals surface area contributed by atoms with Crippen molar-refractivity contribution in [1.82, 2.24) is 4.90 Å². The average molecular weight is 323 g/mol. The zero-order valence-electron chi connectivity index (χ0n) is 14.9. The lowest BCUT2D eigenvalue weighted by molar-refractivity contribution is 0.266. The summed E-state index contributed by atoms with van der Waals surface area (Å²) in [6, 6.07) is 18.6. The molecule has 2 nitrogen and oxygen atoms in total. The van der Waals surface area contributed by atoms with Gasteiger partial charge in [0, 0.05) is 5.56 Å². The van der Waals surface area contributed by atoms with Crippen LogP contribution in [0.15, 0.2) is 54.6 Å². The van der Waals surface area contributed by atoms with E-state index in [4.69, 9.17) is 4.74 Å². The molecule has 0 saturated heterocycles. The Bertz CT molecular complexity index is 602. The summed E-state index contributed by atoms with van der Waals surface area (Å²) in [4.78, 5) is 2.45. The molecule has 0 atom stereocenters. The maximum atomic E-state index is 6.00. The number of benzene rings is 2. The van der Waals surface area contributed by atoms with Crippen molar-refractivity contribution in [2.45, 2.75) is 26.7 Å². The van der Waals surface area contributed by atoms with Crippen LogP contribution in [0, 0.1) is 0 Å². The molecule has 0 bridgehead atoms. The standard InChI is InChI=1S/C22H29NO/c1-3-23(4-2)18-10-11-19-24-22-15-9-8-14-21(22)17-16-20-12-6-5-7-13-20/h5-9,12-17H,3-4,10-11,18-19H2,1-2H3/b17-16+. The van der Waals surface area contributed by atoms with Crippen LogP contribution in [0.5, 0.6) is 5.75 Å². The number of unbranched alkanes of at least 4 members (excludes halogenated alkanes) is 1. The summed E-state index contributed by atoms with van der Waals surface area (Å²) >= 11 is 0. The molecule has 0 unspecified atom stereocenters. The fraction of sp³-hybridized carbons (Fsp3) is 0.364. The third-order valence-corrected chi connectivity index (χ3v) is 4.19. The zero-order valence-corrected chi connectivity index (χ0v) is 14.9. The highest BCUT2D eigenvalue weighted by Gasteiger charge is 2.01. The molecule has 0 amide bonds. The van der Waals surface area contributed by atoms with Crippen molar-refractivity contribution in [2.24, 2.45) is 0 Å². The molecular weight excluding hydrogens is 294 g/mol. The quantitative estimate of drug-likeness (QED) is 0.431. The van der Waals surface area contributed by atoms with Crippen molar-refractivity contribution in [3.8, 4) is 5.75 Å². The van der Waals surface area contributed by atoms with E-state index in [1.807, 2.05) is 12.1 Å². The van der Waals surface area contributed by atoms with Crippen LogP contribution in [0.3, 0.4) is 0 Å². The van der Waals surface area contributed by atoms with Gasteiger partial charge >= 0.3 is 0 Å². The summed E-state index contributed by atoms with van der Waals surface area (Å²) in [6.45, 7) is 8.63. The molecule has 24 heavy (non-hydrogen) atoms. The third-order valence-electron chi connectivity index (χ3n) is 4.19. The predicted molar refractivity (Wildman–Crippen MR) is 104 cm³/mol. The Hall–Kier alpha value is -2.06. The monoisotopic (exact) mass is 323 g/mol. The molecule has 0 spiro atoms. The van der Waals surface area contributed by atoms with Gasteiger partial charge in [-0.25, -0.2) is 0 Å². The van der Waals surface area contributed by atoms with E-state index >= 15 is 0 Å². The molecule has 0 fully saturated rings. The lowest BCUT2D eigenvalue weighted by Crippen LogP contribution is -2.24. The molecule has 0 N–H and O–H groups in total. The highest BCUT2D eigenvalue weighted by Crippen LogP contribution is 2.21. The number of para-hydroxylation sites is 1. The number of ether oxygens (including phenoxy) is 1. The van der Waals surface area contributed by atoms with Crippen LogP contribution in [0.25, 0.3) is 12.2 Å². The van der Waals surface area contributed by atoms with Crippen LogP contribution in [-0.2, 0) is 0 Å². The Balaban J connectivity index is 1.84. The fourth-order valence-corrected chi connectivity index (χ4v) is 2.66. The van der Waals surface area contributed by atoms with Crippen molar-refractivity contribution < 1.29 is 4.74 Å². The molecule has 0 aliphatic heterocycles. The van der Waals surface area contributed by atoms with Crippen molar-refractivity contribution in [3.63, 3.8) is 0 Å². The highest BCUT2D eigenvalue weighted by atomic mass is 16.5. The first-order valence-electron chi connectivity index (χ1n) is 9.00. The molecule has 0 aliphatic rings. The molecule has 0 aliphatic carbocycles. The molecule has 0 heterocycles. The minimum absolute atomic E-state index is 0.775. The lowest BCUT2D eigenvalue weighted by Gasteiger charge is -2.17. The van der Waals surface area contributed by atoms with E-state index in [1.54, 1.807) is 0 Å². The third kappa shape index (κ3) is 6.21. The lowest BCUT2D eigenvalue weighted by atomic mass is 10.1. The van der Waals surface area contributed by atoms with Gasteiger partial charge in [-0.3, -0.25) is 0 Å². The van der Waals surface area contributed by atoms with Crippen LogP contribution in [-0.4, -0.2) is 31.1 Å². The number of rotatable bonds is 10. The van der Waals surface area contributed by atoms with Crippen molar-refractivity contribution >= 4 is 12.2 Å². The van der Waals surface area contributed by atoms with Gasteiger partial charge in [-0.05, 0) is 44.1 Å². The summed E-state index contributed by atoms with van der Waals surface area (Å²) in [5.74, 6) is 0.965. The average Bonchev–Trinajstić information content (AvgIpc) is 2.64. The van der Waals surface area contributed by atoms with Gasteiger partial charge in [0.2, 0.25) is 0 Å². The first-order chi connectivity index (χ1) is 11.8. The van der Waals surface area contributed by atoms with E-state index in [-0.39, 0.29) is 0 Å². The Labute approximate surface area is 146 Å². The Kier molecular flexibility index (Phi) is 8.12. The molecule has 2 aromatic rings. The second-order valence-corrected chi connectivity index (χ2v) is 5.86. The summed E-state index contributed by atoms with van der Waals surface area (Å²) in [5, 5.41) is 0. The van der Waals surface area contributed by atoms with Gasteiger partial charge < -0.3 is 9.64 Å². The van der Waals surface area contributed by atoms with E-state index in [9.17, 15) is 0 Å². The SMILES string of the molecule is CCN(CC)CCCCOc1ccccc1/C=C/c1ccccc1. The van der Waals surface area contributed by atoms with E-state index in [1.165, 1.54) is 12.0 Å². The summed E-state index contributed by atoms with van der Waals surface area (Å²) in [5.41, 5.74) is 2.33. The van der Waals surface area contributed by atoms with Gasteiger partial charge in [0.05, 0.1) is 6.61 Å². The molecule has 0 radical (unpaired) electrons. The molecule has 128 valence electrons. The summed E-state index contributed by atoms with van der Waals surface area (Å²) < 4.78 is 6.00. The van der Waals surface area contributed by atoms with Crippen LogP contribution >= 0.6 is 0 Å². The van der Waals surface area contributed by atoms with Gasteiger partial charge in [0.1, 0.15) is 5.75 Å². The normalized spacial score (nSPS) is 11.3. The van der Waals surface area contributed by atoms with Gasteiger partial charge in [0.25, 0.3) is 0 Å². The van der Waals surface area contributed by atoms with Gasteiger partial charge in [0.15, 0.2) is 0 Å². The van der Waals surface area contributed by atoms with Gasteiger partial charge in [-0.15, -0.1) is 0 Å². The Morgan fingerprint density at radius 1 is 0.833 bits per heavy atom. The maximum absolute atomic E-state index is 6.00. The molecule has 2 rings (SSSR count). The number of nitrogens with zero attached hydrogens (tertiary/aromatic N) is 1. The molecule has 0 saturated carbocycles. The fourth-order valence-electron chi connectivity index (χ4n) is 2.66. The van der Waals surface area contributed by atoms with Crippen molar-refractivity contribution in [2.75, 3.05) is 26.2 Å². The van der Waals surface area contributed by atoms with Crippen LogP contribution < -0.4 is 4.74 Å². The first-order valence-corrected chi connectivity index (χ1v) is 9.00. The summed E-state index contributed by atoms with van der Waals surface area (Å²) in [7, 11) is 0. The van der Waals surface area contributed by atoms with Gasteiger partial charge in [-0.2, -0.15) is 0 Å². The van der Waals surface area contributed by atoms with Crippen molar-refractivity contribution in [1.29, 1.82) is 0 Å². The largest absolute Gasteiger partial charge is 0.493 e. The summed E-state index contributed by atoms with van der Waals surface area (Å²) in [6.07, 6.45) is 6.53. The first kappa shape index (κ1) is 18.3. The maximum Gasteiger partial charge on any atom is 0.126 e. The minimum Gasteiger partial charge on any atom is -0.493 e. The second kappa shape index (κ2) is 10.7. The minimum atomic E-state index is 0.775. The van der Waals surface area contributed by atoms with Crippen LogP contribution in [0.4, 0.5) is 0 Å². The smallest absolute Gasteiger partial charge is 0.126 e. The van der Waals surface area contributed by atoms with E-state index < -0.39 is 0 Å². The highest BCUT2D eigenvalue weighted by molar-refractivity contribution is 5.72. The molecule has 2 aromatic carbocycles. The van der Waals surface area contributed by atoms with Crippen LogP contribution in [0.1, 0.15) is 37.8 Å². The van der Waals surface area contributed by atoms with Gasteiger partial charge in [-0.1, -0.05) is 74.5 Å². The van der Waals surface area contributed by atoms with E-state index in [2.05, 4.69) is 73.4 Å². The van der Waals surface area contributed by atoms with E-state index in [0.717, 1.165) is 44.0 Å². The zero-order chi connectivity index (χ0) is 17.0. The molecular formula is C22H29NO. The molecule has 2 heteroatoms. The Morgan fingerprint density at radius 2 is 1.54 bits per heavy atom. The van der Waals surface area contributed by atoms with Crippen molar-refractivity contribution in [3.05, 3.63) is 65.7 Å². The topological polar surface area (TPSA) is 12.5 Å².